The topological polar surface area (TPSA) is 103 Å². The Morgan fingerprint density at radius 2 is 1.37 bits per heavy atom. The van der Waals surface area contributed by atoms with E-state index >= 15 is 0 Å². The number of hydrogen-bond donors (Lipinski definition) is 1. The summed E-state index contributed by atoms with van der Waals surface area (Å²) in [5.74, 6) is -0.700. The molecule has 220 valence electrons. The van der Waals surface area contributed by atoms with E-state index in [0.29, 0.717) is 40.2 Å². The van der Waals surface area contributed by atoms with Crippen LogP contribution in [0.15, 0.2) is 95.4 Å². The Bertz CT molecular complexity index is 1630. The van der Waals surface area contributed by atoms with E-state index in [4.69, 9.17) is 13.9 Å². The summed E-state index contributed by atoms with van der Waals surface area (Å²) in [7, 11) is 2.48. The Kier molecular flexibility index (Phi) is 8.73. The predicted molar refractivity (Wildman–Crippen MR) is 163 cm³/mol. The van der Waals surface area contributed by atoms with E-state index in [-0.39, 0.29) is 25.0 Å². The minimum absolute atomic E-state index is 0.000949. The second-order valence-corrected chi connectivity index (χ2v) is 10.8. The fourth-order valence-corrected chi connectivity index (χ4v) is 5.97. The molecule has 1 unspecified atom stereocenters. The van der Waals surface area contributed by atoms with E-state index in [2.05, 4.69) is 0 Å². The summed E-state index contributed by atoms with van der Waals surface area (Å²) in [4.78, 5) is 39.3. The zero-order valence-electron chi connectivity index (χ0n) is 24.5. The van der Waals surface area contributed by atoms with Crippen LogP contribution in [-0.2, 0) is 30.3 Å². The first-order chi connectivity index (χ1) is 20.8. The van der Waals surface area contributed by atoms with Crippen LogP contribution in [0.25, 0.3) is 22.5 Å². The minimum Gasteiger partial charge on any atom is -0.468 e. The standard InChI is InChI=1S/C36H34O7/c1-23(37)19-20-27(24-13-7-4-8-14-24)28-21-36(34(39)41-2,35(40)42-3)22-29-30(28)31(32(38)25-15-9-5-10-16-25)33(43-29)26-17-11-6-12-18-26/h4-18,32,38H,19-22H2,1-3H3/b28-27+. The second-order valence-electron chi connectivity index (χ2n) is 10.8. The van der Waals surface area contributed by atoms with E-state index in [9.17, 15) is 19.5 Å². The SMILES string of the molecule is COC(=O)C1(C(=O)OC)C/C(=C(/CCC(C)=O)c2ccccc2)c2c(oc(-c3ccccc3)c2C(O)c2ccccc2)C1. The number of furan rings is 1. The highest BCUT2D eigenvalue weighted by molar-refractivity contribution is 6.06. The number of fused-ring (bicyclic) bond motifs is 1. The van der Waals surface area contributed by atoms with Gasteiger partial charge in [0.1, 0.15) is 23.4 Å². The molecule has 1 atom stereocenters. The number of aliphatic hydroxyl groups excluding tert-OH is 1. The number of carbonyl (C=O) groups excluding carboxylic acids is 3. The Hall–Kier alpha value is -4.75. The largest absolute Gasteiger partial charge is 0.468 e. The Labute approximate surface area is 250 Å². The smallest absolute Gasteiger partial charge is 0.324 e. The lowest BCUT2D eigenvalue weighted by atomic mass is 9.68. The molecule has 7 heteroatoms. The van der Waals surface area contributed by atoms with Crippen molar-refractivity contribution in [1.82, 2.24) is 0 Å². The normalized spacial score (nSPS) is 15.6. The van der Waals surface area contributed by atoms with Crippen LogP contribution in [0.4, 0.5) is 0 Å². The molecule has 0 saturated heterocycles. The summed E-state index contributed by atoms with van der Waals surface area (Å²) >= 11 is 0. The highest BCUT2D eigenvalue weighted by atomic mass is 16.5. The van der Waals surface area contributed by atoms with Gasteiger partial charge < -0.3 is 23.8 Å². The van der Waals surface area contributed by atoms with Gasteiger partial charge in [-0.05, 0) is 35.6 Å². The van der Waals surface area contributed by atoms with Crippen molar-refractivity contribution in [3.63, 3.8) is 0 Å². The van der Waals surface area contributed by atoms with Crippen LogP contribution >= 0.6 is 0 Å². The molecule has 0 fully saturated rings. The van der Waals surface area contributed by atoms with Crippen LogP contribution in [0.5, 0.6) is 0 Å². The summed E-state index contributed by atoms with van der Waals surface area (Å²) in [6.45, 7) is 1.53. The quantitative estimate of drug-likeness (QED) is 0.177. The fraction of sp³-hybridized carbons (Fsp3) is 0.250. The summed E-state index contributed by atoms with van der Waals surface area (Å²) in [5.41, 5.74) is 3.04. The van der Waals surface area contributed by atoms with Crippen LogP contribution in [0, 0.1) is 5.41 Å². The minimum atomic E-state index is -1.73. The van der Waals surface area contributed by atoms with Crippen molar-refractivity contribution in [2.75, 3.05) is 14.2 Å². The van der Waals surface area contributed by atoms with Gasteiger partial charge in [-0.2, -0.15) is 0 Å². The van der Waals surface area contributed by atoms with Crippen LogP contribution in [0.2, 0.25) is 0 Å². The van der Waals surface area contributed by atoms with Crippen LogP contribution in [0.3, 0.4) is 0 Å². The maximum atomic E-state index is 13.5. The number of methoxy groups -OCH3 is 2. The molecular formula is C36H34O7. The molecule has 43 heavy (non-hydrogen) atoms. The Morgan fingerprint density at radius 3 is 1.93 bits per heavy atom. The van der Waals surface area contributed by atoms with E-state index in [1.807, 2.05) is 91.0 Å². The van der Waals surface area contributed by atoms with Gasteiger partial charge in [0.2, 0.25) is 0 Å². The first-order valence-corrected chi connectivity index (χ1v) is 14.2. The van der Waals surface area contributed by atoms with Crippen molar-refractivity contribution in [3.8, 4) is 11.3 Å². The first kappa shape index (κ1) is 29.7. The number of carbonyl (C=O) groups is 3. The van der Waals surface area contributed by atoms with E-state index in [0.717, 1.165) is 16.7 Å². The molecule has 1 heterocycles. The first-order valence-electron chi connectivity index (χ1n) is 14.2. The molecule has 1 aliphatic rings. The van der Waals surface area contributed by atoms with Crippen molar-refractivity contribution in [1.29, 1.82) is 0 Å². The monoisotopic (exact) mass is 578 g/mol. The number of ketones is 1. The van der Waals surface area contributed by atoms with Gasteiger partial charge in [0.15, 0.2) is 5.41 Å². The lowest BCUT2D eigenvalue weighted by molar-refractivity contribution is -0.169. The molecule has 1 aliphatic carbocycles. The molecule has 1 N–H and O–H groups in total. The molecule has 1 aromatic heterocycles. The van der Waals surface area contributed by atoms with Gasteiger partial charge in [-0.1, -0.05) is 91.0 Å². The zero-order valence-corrected chi connectivity index (χ0v) is 24.5. The number of ether oxygens (including phenoxy) is 2. The third kappa shape index (κ3) is 5.68. The van der Waals surface area contributed by atoms with Gasteiger partial charge >= 0.3 is 11.9 Å². The molecule has 7 nitrogen and oxygen atoms in total. The average Bonchev–Trinajstić information content (AvgIpc) is 3.44. The molecule has 0 aliphatic heterocycles. The van der Waals surface area contributed by atoms with Crippen molar-refractivity contribution in [2.45, 2.75) is 38.7 Å². The molecule has 0 radical (unpaired) electrons. The molecular weight excluding hydrogens is 544 g/mol. The van der Waals surface area contributed by atoms with Crippen LogP contribution in [0.1, 0.15) is 60.3 Å². The van der Waals surface area contributed by atoms with E-state index < -0.39 is 23.5 Å². The summed E-state index contributed by atoms with van der Waals surface area (Å²) < 4.78 is 17.0. The number of rotatable bonds is 9. The number of hydrogen-bond acceptors (Lipinski definition) is 7. The van der Waals surface area contributed by atoms with Crippen molar-refractivity contribution in [3.05, 3.63) is 119 Å². The number of Topliss-reactive ketones (excluding diaryl/α,β-unsaturated/α-hetero) is 1. The van der Waals surface area contributed by atoms with Gasteiger partial charge in [-0.25, -0.2) is 0 Å². The number of esters is 2. The molecule has 0 amide bonds. The maximum absolute atomic E-state index is 13.5. The molecule has 5 rings (SSSR count). The lowest BCUT2D eigenvalue weighted by Crippen LogP contribution is -2.45. The van der Waals surface area contributed by atoms with Gasteiger partial charge in [0, 0.05) is 36.0 Å². The van der Waals surface area contributed by atoms with Gasteiger partial charge in [0.25, 0.3) is 0 Å². The van der Waals surface area contributed by atoms with Crippen molar-refractivity contribution < 1.29 is 33.4 Å². The van der Waals surface area contributed by atoms with Crippen molar-refractivity contribution in [2.24, 2.45) is 5.41 Å². The van der Waals surface area contributed by atoms with Gasteiger partial charge in [0.05, 0.1) is 14.2 Å². The lowest BCUT2D eigenvalue weighted by Gasteiger charge is -2.34. The molecule has 0 bridgehead atoms. The molecule has 0 spiro atoms. The second kappa shape index (κ2) is 12.6. The third-order valence-corrected chi connectivity index (χ3v) is 8.05. The average molecular weight is 579 g/mol. The highest BCUT2D eigenvalue weighted by Crippen LogP contribution is 2.53. The van der Waals surface area contributed by atoms with Gasteiger partial charge in [-0.15, -0.1) is 0 Å². The number of allylic oxidation sites excluding steroid dienone is 2. The van der Waals surface area contributed by atoms with Crippen molar-refractivity contribution >= 4 is 28.9 Å². The summed E-state index contributed by atoms with van der Waals surface area (Å²) in [5, 5.41) is 12.0. The van der Waals surface area contributed by atoms with E-state index in [1.165, 1.54) is 21.1 Å². The van der Waals surface area contributed by atoms with Crippen LogP contribution < -0.4 is 0 Å². The molecule has 3 aromatic carbocycles. The van der Waals surface area contributed by atoms with Crippen LogP contribution in [-0.4, -0.2) is 37.0 Å². The zero-order chi connectivity index (χ0) is 30.6. The van der Waals surface area contributed by atoms with Gasteiger partial charge in [-0.3, -0.25) is 9.59 Å². The molecule has 4 aromatic rings. The fourth-order valence-electron chi connectivity index (χ4n) is 5.97. The highest BCUT2D eigenvalue weighted by Gasteiger charge is 2.54. The Morgan fingerprint density at radius 1 is 0.814 bits per heavy atom. The predicted octanol–water partition coefficient (Wildman–Crippen LogP) is 6.59. The number of benzene rings is 3. The number of aliphatic hydroxyl groups is 1. The van der Waals surface area contributed by atoms with E-state index in [1.54, 1.807) is 0 Å². The molecule has 0 saturated carbocycles. The summed E-state index contributed by atoms with van der Waals surface area (Å²) in [6, 6.07) is 28.2. The summed E-state index contributed by atoms with van der Waals surface area (Å²) in [6.07, 6.45) is -0.691. The third-order valence-electron chi connectivity index (χ3n) is 8.05. The Balaban J connectivity index is 1.90. The maximum Gasteiger partial charge on any atom is 0.324 e.